The van der Waals surface area contributed by atoms with Gasteiger partial charge in [0.25, 0.3) is 5.91 Å². The van der Waals surface area contributed by atoms with E-state index in [1.807, 2.05) is 4.90 Å². The minimum Gasteiger partial charge on any atom is -0.459 e. The summed E-state index contributed by atoms with van der Waals surface area (Å²) in [5.41, 5.74) is 8.11. The number of nitrogens with two attached hydrogens (primary N) is 1. The number of nitrogens with zero attached hydrogens (tertiary/aromatic N) is 3. The number of nitrogens with one attached hydrogen (secondary N) is 2. The standard InChI is InChI=1S/C18H24N6O2.2ClH/c19-18-22-14-4-8-20-7-3-13(14)16(23-18)21-12-5-9-24(10-6-12)17(25)15-2-1-11-26-15;;/h1-2,11-12,20H,3-10H2,(H3,19,21,22,23);2*1H. The van der Waals surface area contributed by atoms with Gasteiger partial charge >= 0.3 is 0 Å². The molecule has 2 aromatic heterocycles. The Morgan fingerprint density at radius 2 is 1.96 bits per heavy atom. The van der Waals surface area contributed by atoms with Gasteiger partial charge in [-0.1, -0.05) is 0 Å². The molecule has 0 aromatic carbocycles. The van der Waals surface area contributed by atoms with Crippen LogP contribution in [0.3, 0.4) is 0 Å². The van der Waals surface area contributed by atoms with Gasteiger partial charge in [-0.2, -0.15) is 4.98 Å². The summed E-state index contributed by atoms with van der Waals surface area (Å²) >= 11 is 0. The molecule has 4 rings (SSSR count). The molecule has 1 fully saturated rings. The Labute approximate surface area is 176 Å². The van der Waals surface area contributed by atoms with Crippen molar-refractivity contribution in [1.82, 2.24) is 20.2 Å². The van der Waals surface area contributed by atoms with Crippen molar-refractivity contribution in [2.24, 2.45) is 0 Å². The van der Waals surface area contributed by atoms with Crippen LogP contribution in [0.1, 0.15) is 34.7 Å². The van der Waals surface area contributed by atoms with Crippen molar-refractivity contribution < 1.29 is 9.21 Å². The Morgan fingerprint density at radius 1 is 1.21 bits per heavy atom. The Kier molecular flexibility index (Phi) is 7.91. The number of amides is 1. The number of carbonyl (C=O) groups is 1. The van der Waals surface area contributed by atoms with Crippen LogP contribution in [0.5, 0.6) is 0 Å². The minimum absolute atomic E-state index is 0. The highest BCUT2D eigenvalue weighted by Crippen LogP contribution is 2.24. The third-order valence-corrected chi connectivity index (χ3v) is 5.06. The molecule has 28 heavy (non-hydrogen) atoms. The van der Waals surface area contributed by atoms with E-state index < -0.39 is 0 Å². The van der Waals surface area contributed by atoms with E-state index in [1.165, 1.54) is 11.8 Å². The highest BCUT2D eigenvalue weighted by atomic mass is 35.5. The van der Waals surface area contributed by atoms with E-state index in [0.29, 0.717) is 24.8 Å². The van der Waals surface area contributed by atoms with Gasteiger partial charge in [-0.15, -0.1) is 24.8 Å². The van der Waals surface area contributed by atoms with Gasteiger partial charge in [0, 0.05) is 37.7 Å². The van der Waals surface area contributed by atoms with Crippen LogP contribution in [0.2, 0.25) is 0 Å². The number of piperidine rings is 1. The predicted octanol–water partition coefficient (Wildman–Crippen LogP) is 1.90. The SMILES string of the molecule is Cl.Cl.Nc1nc2c(c(NC3CCN(C(=O)c4ccco4)CC3)n1)CCNCC2. The molecule has 154 valence electrons. The first-order valence-electron chi connectivity index (χ1n) is 9.16. The van der Waals surface area contributed by atoms with Gasteiger partial charge in [0.05, 0.1) is 12.0 Å². The van der Waals surface area contributed by atoms with Gasteiger partial charge in [0.2, 0.25) is 5.95 Å². The molecule has 2 aromatic rings. The Hall–Kier alpha value is -2.03. The summed E-state index contributed by atoms with van der Waals surface area (Å²) in [6.07, 6.45) is 5.02. The van der Waals surface area contributed by atoms with E-state index in [4.69, 9.17) is 10.2 Å². The zero-order chi connectivity index (χ0) is 17.9. The van der Waals surface area contributed by atoms with Gasteiger partial charge < -0.3 is 25.7 Å². The Bertz CT molecular complexity index is 779. The number of rotatable bonds is 3. The van der Waals surface area contributed by atoms with Gasteiger partial charge in [0.1, 0.15) is 5.82 Å². The van der Waals surface area contributed by atoms with Crippen molar-refractivity contribution in [2.45, 2.75) is 31.7 Å². The summed E-state index contributed by atoms with van der Waals surface area (Å²) in [4.78, 5) is 23.1. The number of hydrogen-bond acceptors (Lipinski definition) is 7. The zero-order valence-electron chi connectivity index (χ0n) is 15.5. The lowest BCUT2D eigenvalue weighted by Crippen LogP contribution is -2.42. The summed E-state index contributed by atoms with van der Waals surface area (Å²) in [7, 11) is 0. The summed E-state index contributed by atoms with van der Waals surface area (Å²) in [5.74, 6) is 1.53. The minimum atomic E-state index is -0.0420. The van der Waals surface area contributed by atoms with Crippen molar-refractivity contribution in [3.63, 3.8) is 0 Å². The molecular weight excluding hydrogens is 403 g/mol. The van der Waals surface area contributed by atoms with Crippen LogP contribution >= 0.6 is 24.8 Å². The van der Waals surface area contributed by atoms with Gasteiger partial charge in [-0.05, 0) is 37.9 Å². The van der Waals surface area contributed by atoms with Gasteiger partial charge in [0.15, 0.2) is 5.76 Å². The molecule has 0 radical (unpaired) electrons. The highest BCUT2D eigenvalue weighted by molar-refractivity contribution is 5.91. The fourth-order valence-electron chi connectivity index (χ4n) is 3.66. The van der Waals surface area contributed by atoms with Crippen molar-refractivity contribution in [3.05, 3.63) is 35.4 Å². The molecule has 4 N–H and O–H groups in total. The molecule has 1 amide bonds. The van der Waals surface area contributed by atoms with Crippen LogP contribution in [-0.4, -0.2) is 53.0 Å². The van der Waals surface area contributed by atoms with E-state index in [0.717, 1.165) is 50.3 Å². The first-order chi connectivity index (χ1) is 12.7. The maximum Gasteiger partial charge on any atom is 0.289 e. The van der Waals surface area contributed by atoms with Crippen LogP contribution in [0.25, 0.3) is 0 Å². The van der Waals surface area contributed by atoms with Crippen molar-refractivity contribution in [1.29, 1.82) is 0 Å². The molecule has 0 saturated carbocycles. The number of halogens is 2. The van der Waals surface area contributed by atoms with E-state index in [1.54, 1.807) is 12.1 Å². The molecule has 2 aliphatic rings. The van der Waals surface area contributed by atoms with Crippen LogP contribution in [0.15, 0.2) is 22.8 Å². The maximum absolute atomic E-state index is 12.4. The second kappa shape index (κ2) is 9.95. The highest BCUT2D eigenvalue weighted by Gasteiger charge is 2.26. The lowest BCUT2D eigenvalue weighted by molar-refractivity contribution is 0.0686. The van der Waals surface area contributed by atoms with Crippen LogP contribution < -0.4 is 16.4 Å². The summed E-state index contributed by atoms with van der Waals surface area (Å²) in [6.45, 7) is 3.23. The number of carbonyl (C=O) groups excluding carboxylic acids is 1. The summed E-state index contributed by atoms with van der Waals surface area (Å²) in [6, 6.07) is 3.71. The lowest BCUT2D eigenvalue weighted by atomic mass is 10.0. The van der Waals surface area contributed by atoms with Crippen molar-refractivity contribution >= 4 is 42.5 Å². The molecule has 1 saturated heterocycles. The number of likely N-dealkylation sites (tertiary alicyclic amines) is 1. The number of hydrogen-bond donors (Lipinski definition) is 3. The molecule has 0 bridgehead atoms. The maximum atomic E-state index is 12.4. The third kappa shape index (κ3) is 4.87. The molecular formula is C18H26Cl2N6O2. The van der Waals surface area contributed by atoms with Crippen molar-refractivity contribution in [3.8, 4) is 0 Å². The number of nitrogen functional groups attached to an aromatic ring is 1. The zero-order valence-corrected chi connectivity index (χ0v) is 17.2. The fraction of sp³-hybridized carbons (Fsp3) is 0.500. The largest absolute Gasteiger partial charge is 0.459 e. The smallest absolute Gasteiger partial charge is 0.289 e. The van der Waals surface area contributed by atoms with Gasteiger partial charge in [-0.25, -0.2) is 4.98 Å². The second-order valence-corrected chi connectivity index (χ2v) is 6.79. The quantitative estimate of drug-likeness (QED) is 0.684. The number of furan rings is 1. The predicted molar refractivity (Wildman–Crippen MR) is 112 cm³/mol. The number of anilines is 2. The second-order valence-electron chi connectivity index (χ2n) is 6.79. The average molecular weight is 429 g/mol. The topological polar surface area (TPSA) is 109 Å². The summed E-state index contributed by atoms with van der Waals surface area (Å²) in [5, 5.41) is 6.94. The Morgan fingerprint density at radius 3 is 2.68 bits per heavy atom. The van der Waals surface area contributed by atoms with E-state index in [2.05, 4.69) is 20.6 Å². The number of aromatic nitrogens is 2. The monoisotopic (exact) mass is 428 g/mol. The Balaban J connectivity index is 0.00000140. The normalized spacial score (nSPS) is 16.9. The van der Waals surface area contributed by atoms with E-state index in [-0.39, 0.29) is 36.8 Å². The van der Waals surface area contributed by atoms with Crippen LogP contribution in [0, 0.1) is 0 Å². The average Bonchev–Trinajstić information content (AvgIpc) is 3.08. The van der Waals surface area contributed by atoms with Crippen LogP contribution in [-0.2, 0) is 12.8 Å². The lowest BCUT2D eigenvalue weighted by Gasteiger charge is -2.32. The van der Waals surface area contributed by atoms with Crippen LogP contribution in [0.4, 0.5) is 11.8 Å². The first kappa shape index (κ1) is 22.3. The van der Waals surface area contributed by atoms with E-state index in [9.17, 15) is 4.79 Å². The molecule has 4 heterocycles. The molecule has 0 spiro atoms. The molecule has 10 heteroatoms. The fourth-order valence-corrected chi connectivity index (χ4v) is 3.66. The molecule has 8 nitrogen and oxygen atoms in total. The molecule has 2 aliphatic heterocycles. The third-order valence-electron chi connectivity index (χ3n) is 5.06. The molecule has 0 atom stereocenters. The van der Waals surface area contributed by atoms with Gasteiger partial charge in [-0.3, -0.25) is 4.79 Å². The van der Waals surface area contributed by atoms with Crippen molar-refractivity contribution in [2.75, 3.05) is 37.2 Å². The van der Waals surface area contributed by atoms with E-state index >= 15 is 0 Å². The summed E-state index contributed by atoms with van der Waals surface area (Å²) < 4.78 is 5.21. The molecule has 0 unspecified atom stereocenters. The molecule has 0 aliphatic carbocycles. The first-order valence-corrected chi connectivity index (χ1v) is 9.16. The number of fused-ring (bicyclic) bond motifs is 1.